The van der Waals surface area contributed by atoms with Gasteiger partial charge in [-0.1, -0.05) is 24.8 Å². The van der Waals surface area contributed by atoms with Crippen molar-refractivity contribution < 1.29 is 9.21 Å². The van der Waals surface area contributed by atoms with Crippen LogP contribution in [-0.4, -0.2) is 5.91 Å². The summed E-state index contributed by atoms with van der Waals surface area (Å²) in [5.41, 5.74) is 2.90. The highest BCUT2D eigenvalue weighted by atomic mass is 16.3. The molecular weight excluding hydrogens is 226 g/mol. The summed E-state index contributed by atoms with van der Waals surface area (Å²) in [5, 5.41) is 0. The summed E-state index contributed by atoms with van der Waals surface area (Å²) in [7, 11) is 0. The summed E-state index contributed by atoms with van der Waals surface area (Å²) >= 11 is 0. The fourth-order valence-electron chi connectivity index (χ4n) is 1.98. The third kappa shape index (κ3) is 2.07. The van der Waals surface area contributed by atoms with E-state index in [1.165, 1.54) is 17.4 Å². The van der Waals surface area contributed by atoms with Crippen LogP contribution >= 0.6 is 0 Å². The second-order valence-electron chi connectivity index (χ2n) is 4.08. The quantitative estimate of drug-likeness (QED) is 0.821. The zero-order chi connectivity index (χ0) is 13.1. The number of para-hydroxylation sites is 1. The maximum absolute atomic E-state index is 12.3. The van der Waals surface area contributed by atoms with E-state index < -0.39 is 0 Å². The maximum Gasteiger partial charge on any atom is 0.298 e. The molecule has 0 saturated heterocycles. The Hall–Kier alpha value is -2.29. The zero-order valence-electron chi connectivity index (χ0n) is 10.5. The van der Waals surface area contributed by atoms with Gasteiger partial charge in [-0.25, -0.2) is 0 Å². The first-order valence-electron chi connectivity index (χ1n) is 5.71. The number of hydrogen-bond donors (Lipinski definition) is 0. The second-order valence-corrected chi connectivity index (χ2v) is 4.08. The molecule has 0 unspecified atom stereocenters. The molecule has 0 spiro atoms. The third-order valence-corrected chi connectivity index (χ3v) is 2.81. The molecule has 0 saturated carbocycles. The van der Waals surface area contributed by atoms with Gasteiger partial charge in [0.15, 0.2) is 5.76 Å². The van der Waals surface area contributed by atoms with E-state index in [1.807, 2.05) is 32.0 Å². The summed E-state index contributed by atoms with van der Waals surface area (Å²) < 4.78 is 5.14. The number of carbonyl (C=O) groups excluding carboxylic acids is 1. The number of aryl methyl sites for hydroxylation is 2. The molecule has 0 radical (unpaired) electrons. The van der Waals surface area contributed by atoms with E-state index >= 15 is 0 Å². The maximum atomic E-state index is 12.3. The molecule has 0 N–H and O–H groups in total. The number of carbonyl (C=O) groups is 1. The van der Waals surface area contributed by atoms with Gasteiger partial charge in [-0.3, -0.25) is 9.69 Å². The molecule has 0 aliphatic carbocycles. The first kappa shape index (κ1) is 12.2. The minimum atomic E-state index is -0.215. The van der Waals surface area contributed by atoms with Crippen LogP contribution in [0.3, 0.4) is 0 Å². The summed E-state index contributed by atoms with van der Waals surface area (Å²) in [6, 6.07) is 9.24. The molecule has 1 aromatic heterocycles. The van der Waals surface area contributed by atoms with Crippen molar-refractivity contribution in [1.29, 1.82) is 0 Å². The molecule has 1 aromatic carbocycles. The lowest BCUT2D eigenvalue weighted by Gasteiger charge is -2.21. The van der Waals surface area contributed by atoms with Crippen LogP contribution in [-0.2, 0) is 0 Å². The fraction of sp³-hybridized carbons (Fsp3) is 0.133. The lowest BCUT2D eigenvalue weighted by molar-refractivity contribution is 0.0971. The van der Waals surface area contributed by atoms with Gasteiger partial charge >= 0.3 is 0 Å². The number of rotatable bonds is 3. The largest absolute Gasteiger partial charge is 0.459 e. The van der Waals surface area contributed by atoms with Gasteiger partial charge in [-0.15, -0.1) is 0 Å². The lowest BCUT2D eigenvalue weighted by atomic mass is 10.1. The molecule has 0 fully saturated rings. The van der Waals surface area contributed by atoms with Crippen molar-refractivity contribution in [2.24, 2.45) is 0 Å². The minimum absolute atomic E-state index is 0.215. The smallest absolute Gasteiger partial charge is 0.298 e. The van der Waals surface area contributed by atoms with Crippen molar-refractivity contribution in [3.63, 3.8) is 0 Å². The van der Waals surface area contributed by atoms with E-state index in [4.69, 9.17) is 4.42 Å². The van der Waals surface area contributed by atoms with Crippen LogP contribution in [0, 0.1) is 13.8 Å². The van der Waals surface area contributed by atoms with Gasteiger partial charge in [-0.2, -0.15) is 0 Å². The Kier molecular flexibility index (Phi) is 3.33. The summed E-state index contributed by atoms with van der Waals surface area (Å²) in [5.74, 6) is 0.0879. The SMILES string of the molecule is C=CN(C(=O)c1ccco1)c1c(C)cccc1C. The van der Waals surface area contributed by atoms with Crippen LogP contribution in [0.2, 0.25) is 0 Å². The van der Waals surface area contributed by atoms with Crippen molar-refractivity contribution in [3.8, 4) is 0 Å². The monoisotopic (exact) mass is 241 g/mol. The molecule has 92 valence electrons. The molecule has 0 atom stereocenters. The molecule has 1 amide bonds. The molecule has 3 heteroatoms. The van der Waals surface area contributed by atoms with Gasteiger partial charge in [-0.05, 0) is 37.1 Å². The Balaban J connectivity index is 2.46. The summed E-state index contributed by atoms with van der Waals surface area (Å²) in [4.78, 5) is 13.8. The molecule has 2 rings (SSSR count). The van der Waals surface area contributed by atoms with Crippen LogP contribution in [0.25, 0.3) is 0 Å². The van der Waals surface area contributed by atoms with E-state index in [9.17, 15) is 4.79 Å². The van der Waals surface area contributed by atoms with Gasteiger partial charge in [0.2, 0.25) is 0 Å². The van der Waals surface area contributed by atoms with E-state index in [2.05, 4.69) is 6.58 Å². The highest BCUT2D eigenvalue weighted by molar-refractivity contribution is 6.06. The highest BCUT2D eigenvalue weighted by Gasteiger charge is 2.20. The predicted octanol–water partition coefficient (Wildman–Crippen LogP) is 3.69. The highest BCUT2D eigenvalue weighted by Crippen LogP contribution is 2.26. The molecule has 18 heavy (non-hydrogen) atoms. The summed E-state index contributed by atoms with van der Waals surface area (Å²) in [6.45, 7) is 7.65. The average molecular weight is 241 g/mol. The number of nitrogens with zero attached hydrogens (tertiary/aromatic N) is 1. The fourth-order valence-corrected chi connectivity index (χ4v) is 1.98. The van der Waals surface area contributed by atoms with Gasteiger partial charge in [0, 0.05) is 6.20 Å². The Morgan fingerprint density at radius 1 is 1.22 bits per heavy atom. The molecule has 1 heterocycles. The Morgan fingerprint density at radius 3 is 2.39 bits per heavy atom. The number of amides is 1. The molecule has 0 bridgehead atoms. The van der Waals surface area contributed by atoms with Crippen molar-refractivity contribution >= 4 is 11.6 Å². The molecular formula is C15H15NO2. The second kappa shape index (κ2) is 4.92. The van der Waals surface area contributed by atoms with Crippen LogP contribution in [0.1, 0.15) is 21.7 Å². The van der Waals surface area contributed by atoms with Crippen molar-refractivity contribution in [2.45, 2.75) is 13.8 Å². The molecule has 3 nitrogen and oxygen atoms in total. The van der Waals surface area contributed by atoms with Gasteiger partial charge < -0.3 is 4.42 Å². The minimum Gasteiger partial charge on any atom is -0.459 e. The zero-order valence-corrected chi connectivity index (χ0v) is 10.5. The van der Waals surface area contributed by atoms with Crippen molar-refractivity contribution in [3.05, 3.63) is 66.3 Å². The topological polar surface area (TPSA) is 33.5 Å². The van der Waals surface area contributed by atoms with Crippen LogP contribution < -0.4 is 4.90 Å². The van der Waals surface area contributed by atoms with Crippen LogP contribution in [0.15, 0.2) is 53.8 Å². The van der Waals surface area contributed by atoms with E-state index in [-0.39, 0.29) is 5.91 Å². The average Bonchev–Trinajstić information content (AvgIpc) is 2.87. The number of hydrogen-bond acceptors (Lipinski definition) is 2. The summed E-state index contributed by atoms with van der Waals surface area (Å²) in [6.07, 6.45) is 3.00. The van der Waals surface area contributed by atoms with Crippen LogP contribution in [0.5, 0.6) is 0 Å². The molecule has 0 aliphatic rings. The van der Waals surface area contributed by atoms with Gasteiger partial charge in [0.25, 0.3) is 5.91 Å². The molecule has 0 aliphatic heterocycles. The Bertz CT molecular complexity index is 550. The molecule has 2 aromatic rings. The predicted molar refractivity (Wildman–Crippen MR) is 71.6 cm³/mol. The van der Waals surface area contributed by atoms with Crippen molar-refractivity contribution in [1.82, 2.24) is 0 Å². The number of anilines is 1. The van der Waals surface area contributed by atoms with Gasteiger partial charge in [0.05, 0.1) is 12.0 Å². The lowest BCUT2D eigenvalue weighted by Crippen LogP contribution is -2.26. The Labute approximate surface area is 106 Å². The first-order valence-corrected chi connectivity index (χ1v) is 5.71. The van der Waals surface area contributed by atoms with Crippen LogP contribution in [0.4, 0.5) is 5.69 Å². The standard InChI is InChI=1S/C15H15NO2/c1-4-16(15(17)13-9-6-10-18-13)14-11(2)7-5-8-12(14)3/h4-10H,1H2,2-3H3. The van der Waals surface area contributed by atoms with Crippen molar-refractivity contribution in [2.75, 3.05) is 4.90 Å². The van der Waals surface area contributed by atoms with E-state index in [1.54, 1.807) is 12.1 Å². The third-order valence-electron chi connectivity index (χ3n) is 2.81. The number of benzene rings is 1. The van der Waals surface area contributed by atoms with Gasteiger partial charge in [0.1, 0.15) is 0 Å². The Morgan fingerprint density at radius 2 is 1.89 bits per heavy atom. The number of furan rings is 1. The van der Waals surface area contributed by atoms with E-state index in [0.717, 1.165) is 16.8 Å². The normalized spacial score (nSPS) is 10.1. The first-order chi connectivity index (χ1) is 8.65. The van der Waals surface area contributed by atoms with E-state index in [0.29, 0.717) is 5.76 Å².